The fourth-order valence-electron chi connectivity index (χ4n) is 2.57. The third-order valence-corrected chi connectivity index (χ3v) is 4.15. The van der Waals surface area contributed by atoms with E-state index in [4.69, 9.17) is 11.6 Å². The Balaban J connectivity index is 1.84. The summed E-state index contributed by atoms with van der Waals surface area (Å²) >= 11 is 5.98. The van der Waals surface area contributed by atoms with Gasteiger partial charge in [-0.3, -0.25) is 9.59 Å². The van der Waals surface area contributed by atoms with Gasteiger partial charge in [0.05, 0.1) is 0 Å². The van der Waals surface area contributed by atoms with Crippen molar-refractivity contribution in [2.45, 2.75) is 26.7 Å². The summed E-state index contributed by atoms with van der Waals surface area (Å²) < 4.78 is 0. The van der Waals surface area contributed by atoms with Gasteiger partial charge in [0.2, 0.25) is 11.8 Å². The highest BCUT2D eigenvalue weighted by Crippen LogP contribution is 2.12. The van der Waals surface area contributed by atoms with Gasteiger partial charge in [-0.1, -0.05) is 35.9 Å². The summed E-state index contributed by atoms with van der Waals surface area (Å²) in [5.41, 5.74) is 2.94. The first kappa shape index (κ1) is 19.0. The molecular formula is C20H23ClN2O2. The lowest BCUT2D eigenvalue weighted by Crippen LogP contribution is -2.33. The number of benzene rings is 2. The number of nitrogens with one attached hydrogen (secondary N) is 1. The van der Waals surface area contributed by atoms with Gasteiger partial charge in [-0.15, -0.1) is 0 Å². The molecule has 25 heavy (non-hydrogen) atoms. The first-order chi connectivity index (χ1) is 11.9. The van der Waals surface area contributed by atoms with Crippen LogP contribution in [0.3, 0.4) is 0 Å². The molecule has 132 valence electrons. The standard InChI is InChI=1S/C20H23ClN2O2/c1-15-5-3-8-19(13-15)22-20(25)10-12-23(16(2)24)11-9-17-6-4-7-18(21)14-17/h3-8,13-14H,9-12H2,1-2H3,(H,22,25). The van der Waals surface area contributed by atoms with Crippen molar-refractivity contribution in [2.24, 2.45) is 0 Å². The lowest BCUT2D eigenvalue weighted by Gasteiger charge is -2.21. The van der Waals surface area contributed by atoms with Crippen molar-refractivity contribution in [3.8, 4) is 0 Å². The molecule has 0 aliphatic rings. The van der Waals surface area contributed by atoms with Crippen LogP contribution in [0.4, 0.5) is 5.69 Å². The van der Waals surface area contributed by atoms with Crippen LogP contribution in [0.15, 0.2) is 48.5 Å². The molecule has 4 nitrogen and oxygen atoms in total. The molecule has 0 unspecified atom stereocenters. The third kappa shape index (κ3) is 6.59. The number of hydrogen-bond donors (Lipinski definition) is 1. The number of rotatable bonds is 7. The average molecular weight is 359 g/mol. The second kappa shape index (κ2) is 9.23. The number of amides is 2. The summed E-state index contributed by atoms with van der Waals surface area (Å²) in [5.74, 6) is -0.134. The van der Waals surface area contributed by atoms with Crippen LogP contribution in [-0.2, 0) is 16.0 Å². The molecule has 2 aromatic rings. The van der Waals surface area contributed by atoms with Crippen molar-refractivity contribution in [3.05, 3.63) is 64.7 Å². The molecule has 0 aliphatic carbocycles. The Morgan fingerprint density at radius 1 is 1.08 bits per heavy atom. The number of nitrogens with zero attached hydrogens (tertiary/aromatic N) is 1. The van der Waals surface area contributed by atoms with Crippen LogP contribution in [0.1, 0.15) is 24.5 Å². The van der Waals surface area contributed by atoms with Gasteiger partial charge in [-0.2, -0.15) is 0 Å². The van der Waals surface area contributed by atoms with E-state index in [-0.39, 0.29) is 18.2 Å². The summed E-state index contributed by atoms with van der Waals surface area (Å²) in [6.07, 6.45) is 0.975. The highest BCUT2D eigenvalue weighted by Gasteiger charge is 2.11. The van der Waals surface area contributed by atoms with Gasteiger partial charge < -0.3 is 10.2 Å². The fraction of sp³-hybridized carbons (Fsp3) is 0.300. The maximum absolute atomic E-state index is 12.1. The first-order valence-corrected chi connectivity index (χ1v) is 8.68. The lowest BCUT2D eigenvalue weighted by molar-refractivity contribution is -0.129. The number of carbonyl (C=O) groups excluding carboxylic acids is 2. The largest absolute Gasteiger partial charge is 0.342 e. The van der Waals surface area contributed by atoms with E-state index in [1.807, 2.05) is 55.5 Å². The van der Waals surface area contributed by atoms with Gasteiger partial charge in [-0.25, -0.2) is 0 Å². The number of halogens is 1. The van der Waals surface area contributed by atoms with Gasteiger partial charge in [0, 0.05) is 37.1 Å². The van der Waals surface area contributed by atoms with E-state index in [1.54, 1.807) is 4.90 Å². The Morgan fingerprint density at radius 3 is 2.52 bits per heavy atom. The smallest absolute Gasteiger partial charge is 0.226 e. The number of anilines is 1. The van der Waals surface area contributed by atoms with Crippen LogP contribution in [0.5, 0.6) is 0 Å². The summed E-state index contributed by atoms with van der Waals surface area (Å²) in [7, 11) is 0. The zero-order chi connectivity index (χ0) is 18.2. The summed E-state index contributed by atoms with van der Waals surface area (Å²) in [6, 6.07) is 15.2. The molecule has 0 saturated heterocycles. The predicted molar refractivity (Wildman–Crippen MR) is 102 cm³/mol. The topological polar surface area (TPSA) is 49.4 Å². The van der Waals surface area contributed by atoms with E-state index in [2.05, 4.69) is 5.32 Å². The minimum absolute atomic E-state index is 0.0367. The zero-order valence-corrected chi connectivity index (χ0v) is 15.3. The van der Waals surface area contributed by atoms with Crippen molar-refractivity contribution in [3.63, 3.8) is 0 Å². The van der Waals surface area contributed by atoms with Crippen molar-refractivity contribution < 1.29 is 9.59 Å². The van der Waals surface area contributed by atoms with Crippen LogP contribution in [0.2, 0.25) is 5.02 Å². The molecule has 0 spiro atoms. The Morgan fingerprint density at radius 2 is 1.84 bits per heavy atom. The first-order valence-electron chi connectivity index (χ1n) is 8.30. The number of aryl methyl sites for hydroxylation is 1. The summed E-state index contributed by atoms with van der Waals surface area (Å²) in [4.78, 5) is 25.6. The van der Waals surface area contributed by atoms with Crippen LogP contribution >= 0.6 is 11.6 Å². The molecule has 0 fully saturated rings. The zero-order valence-electron chi connectivity index (χ0n) is 14.6. The molecule has 0 radical (unpaired) electrons. The van der Waals surface area contributed by atoms with Crippen molar-refractivity contribution in [1.29, 1.82) is 0 Å². The van der Waals surface area contributed by atoms with Gasteiger partial charge in [-0.05, 0) is 48.7 Å². The van der Waals surface area contributed by atoms with Crippen molar-refractivity contribution in [2.75, 3.05) is 18.4 Å². The Labute approximate surface area is 153 Å². The highest BCUT2D eigenvalue weighted by atomic mass is 35.5. The third-order valence-electron chi connectivity index (χ3n) is 3.92. The molecule has 2 rings (SSSR count). The van der Waals surface area contributed by atoms with Gasteiger partial charge >= 0.3 is 0 Å². The molecule has 0 atom stereocenters. The maximum atomic E-state index is 12.1. The molecular weight excluding hydrogens is 336 g/mol. The van der Waals surface area contributed by atoms with E-state index in [9.17, 15) is 9.59 Å². The van der Waals surface area contributed by atoms with E-state index in [0.717, 1.165) is 16.8 Å². The molecule has 0 heterocycles. The van der Waals surface area contributed by atoms with Gasteiger partial charge in [0.25, 0.3) is 0 Å². The molecule has 2 aromatic carbocycles. The summed E-state index contributed by atoms with van der Waals surface area (Å²) in [5, 5.41) is 3.55. The maximum Gasteiger partial charge on any atom is 0.226 e. The minimum Gasteiger partial charge on any atom is -0.342 e. The molecule has 0 aromatic heterocycles. The molecule has 0 bridgehead atoms. The molecule has 2 amide bonds. The van der Waals surface area contributed by atoms with Crippen molar-refractivity contribution in [1.82, 2.24) is 4.90 Å². The predicted octanol–water partition coefficient (Wildman–Crippen LogP) is 4.07. The summed E-state index contributed by atoms with van der Waals surface area (Å²) in [6.45, 7) is 4.46. The van der Waals surface area contributed by atoms with Crippen LogP contribution in [0.25, 0.3) is 0 Å². The van der Waals surface area contributed by atoms with Gasteiger partial charge in [0.15, 0.2) is 0 Å². The lowest BCUT2D eigenvalue weighted by atomic mass is 10.1. The number of carbonyl (C=O) groups is 2. The molecule has 0 saturated carbocycles. The monoisotopic (exact) mass is 358 g/mol. The minimum atomic E-state index is -0.0976. The van der Waals surface area contributed by atoms with E-state index >= 15 is 0 Å². The van der Waals surface area contributed by atoms with E-state index in [0.29, 0.717) is 24.5 Å². The van der Waals surface area contributed by atoms with E-state index in [1.165, 1.54) is 6.92 Å². The quantitative estimate of drug-likeness (QED) is 0.811. The second-order valence-electron chi connectivity index (χ2n) is 6.05. The van der Waals surface area contributed by atoms with Crippen LogP contribution < -0.4 is 5.32 Å². The fourth-order valence-corrected chi connectivity index (χ4v) is 2.78. The average Bonchev–Trinajstić information content (AvgIpc) is 2.54. The van der Waals surface area contributed by atoms with Crippen LogP contribution in [0, 0.1) is 6.92 Å². The Bertz CT molecular complexity index is 746. The Kier molecular flexibility index (Phi) is 7.02. The van der Waals surface area contributed by atoms with Crippen LogP contribution in [-0.4, -0.2) is 29.8 Å². The van der Waals surface area contributed by atoms with E-state index < -0.39 is 0 Å². The van der Waals surface area contributed by atoms with Crippen molar-refractivity contribution >= 4 is 29.1 Å². The molecule has 1 N–H and O–H groups in total. The molecule has 5 heteroatoms. The molecule has 0 aliphatic heterocycles. The normalized spacial score (nSPS) is 10.4. The number of hydrogen-bond acceptors (Lipinski definition) is 2. The highest BCUT2D eigenvalue weighted by molar-refractivity contribution is 6.30. The second-order valence-corrected chi connectivity index (χ2v) is 6.49. The SMILES string of the molecule is CC(=O)N(CCC(=O)Nc1cccc(C)c1)CCc1cccc(Cl)c1. The Hall–Kier alpha value is -2.33. The van der Waals surface area contributed by atoms with Gasteiger partial charge in [0.1, 0.15) is 0 Å².